The highest BCUT2D eigenvalue weighted by atomic mass is 33.4. The van der Waals surface area contributed by atoms with E-state index in [0.717, 1.165) is 22.9 Å². The van der Waals surface area contributed by atoms with E-state index in [4.69, 9.17) is 15.0 Å². The van der Waals surface area contributed by atoms with Crippen LogP contribution in [0.1, 0.15) is 34.6 Å². The van der Waals surface area contributed by atoms with Gasteiger partial charge in [-0.15, -0.1) is 0 Å². The first kappa shape index (κ1) is 71.9. The maximum Gasteiger partial charge on any atom is 0.302 e. The quantitative estimate of drug-likeness (QED) is 0.305. The van der Waals surface area contributed by atoms with E-state index < -0.39 is 5.97 Å². The standard InChI is InChI=1S/C3H8O2.2C3H6O2.C2H4O2.C2H6.CH4O.S11.S10.S3/c1-4-3-5-2;2*1-3(4)5-2;1-2(3)4;2*1-2;1-3-5-7-9-11-10-8-6-4-2;1-3-5-7-9-10-8-6-4-2;1-3-2/h3H2,1-2H3;2*1-2H3;1H3,(H,3,4);1-2H3;2H,1H3;;;. The molecular weight excluding hydrogens is 1080 g/mol. The van der Waals surface area contributed by atoms with Gasteiger partial charge in [0, 0.05) is 269 Å². The summed E-state index contributed by atoms with van der Waals surface area (Å²) in [7, 11) is 35.0. The molecule has 0 unspecified atom stereocenters. The molecule has 0 spiro atoms. The Balaban J connectivity index is -0.0000000525. The number of hydrogen-bond donors (Lipinski definition) is 2. The number of hydrogen-bond acceptors (Lipinski definition) is 14. The molecule has 2 N–H and O–H groups in total. The average Bonchev–Trinajstić information content (AvgIpc) is 3.06. The Morgan fingerprint density at radius 2 is 0.617 bits per heavy atom. The van der Waals surface area contributed by atoms with Gasteiger partial charge >= 0.3 is 11.9 Å². The minimum absolute atomic E-state index is 0.245. The SMILES string of the molecule is CC.CC(=O)O.CO.COC(C)=O.COC(C)=O.COCOC.S=S=S.S=S=S=S=S=S=S=S=S=S.S=S=S=S=S=S=S=S=S=S=S. The Hall–Kier alpha value is 3.57. The van der Waals surface area contributed by atoms with Crippen LogP contribution in [0.25, 0.3) is 0 Å². The molecule has 0 fully saturated rings. The first-order valence-electron chi connectivity index (χ1n) is 9.90. The number of methoxy groups -OCH3 is 4. The number of carboxylic acid groups (broad SMARTS) is 1. The van der Waals surface area contributed by atoms with Crippen molar-refractivity contribution in [1.29, 1.82) is 0 Å². The fraction of sp³-hybridized carbons (Fsp3) is 0.786. The van der Waals surface area contributed by atoms with Crippen LogP contribution in [0.2, 0.25) is 0 Å². The van der Waals surface area contributed by atoms with Crippen LogP contribution in [-0.4, -0.2) is 70.5 Å². The summed E-state index contributed by atoms with van der Waals surface area (Å²) in [5, 5.41) is 14.4. The van der Waals surface area contributed by atoms with Crippen molar-refractivity contribution in [2.75, 3.05) is 42.3 Å². The zero-order chi connectivity index (χ0) is 39.0. The van der Waals surface area contributed by atoms with Crippen LogP contribution >= 0.6 is 0 Å². The molecule has 0 aliphatic carbocycles. The fourth-order valence-corrected chi connectivity index (χ4v) is 35.9. The molecule has 9 nitrogen and oxygen atoms in total. The highest BCUT2D eigenvalue weighted by Gasteiger charge is 1.76. The van der Waals surface area contributed by atoms with Gasteiger partial charge in [0.2, 0.25) is 0 Å². The van der Waals surface area contributed by atoms with E-state index in [1.165, 1.54) is 63.6 Å². The van der Waals surface area contributed by atoms with Crippen LogP contribution in [0.3, 0.4) is 0 Å². The van der Waals surface area contributed by atoms with Gasteiger partial charge in [0.15, 0.2) is 0 Å². The fourth-order valence-electron chi connectivity index (χ4n) is 0.265. The predicted molar refractivity (Wildman–Crippen MR) is 264 cm³/mol. The summed E-state index contributed by atoms with van der Waals surface area (Å²) in [6.45, 7) is 8.19. The van der Waals surface area contributed by atoms with Gasteiger partial charge in [0.1, 0.15) is 6.79 Å². The molecule has 0 heterocycles. The zero-order valence-corrected chi connectivity index (χ0v) is 45.4. The van der Waals surface area contributed by atoms with E-state index in [1.54, 1.807) is 130 Å². The summed E-state index contributed by atoms with van der Waals surface area (Å²) in [6, 6.07) is 0. The second kappa shape index (κ2) is 92.4. The Bertz CT molecular complexity index is 1400. The molecule has 0 aliphatic rings. The number of carbonyl (C=O) groups is 3. The van der Waals surface area contributed by atoms with Gasteiger partial charge < -0.3 is 29.2 Å². The third-order valence-electron chi connectivity index (χ3n) is 1.23. The number of carboxylic acids is 1. The Kier molecular flexibility index (Phi) is 141. The van der Waals surface area contributed by atoms with Gasteiger partial charge in [-0.3, -0.25) is 14.4 Å². The van der Waals surface area contributed by atoms with Crippen molar-refractivity contribution in [3.8, 4) is 0 Å². The maximum atomic E-state index is 9.59. The van der Waals surface area contributed by atoms with Crippen molar-refractivity contribution < 1.29 is 43.5 Å². The van der Waals surface area contributed by atoms with Crippen molar-refractivity contribution in [1.82, 2.24) is 0 Å². The lowest BCUT2D eigenvalue weighted by Crippen LogP contribution is -1.88. The number of aliphatic carboxylic acids is 1. The molecule has 0 bridgehead atoms. The molecule has 0 aromatic heterocycles. The molecule has 0 saturated heterocycles. The molecular formula is C14H34O9S24. The number of rotatable bonds is 2. The van der Waals surface area contributed by atoms with E-state index >= 15 is 0 Å². The number of esters is 2. The lowest BCUT2D eigenvalue weighted by molar-refractivity contribution is -0.138. The largest absolute Gasteiger partial charge is 0.481 e. The Morgan fingerprint density at radius 3 is 0.681 bits per heavy atom. The normalized spacial score (nSPS) is 6.45. The van der Waals surface area contributed by atoms with Crippen LogP contribution in [0.5, 0.6) is 0 Å². The van der Waals surface area contributed by atoms with Crippen molar-refractivity contribution >= 4 is 245 Å². The molecule has 0 aromatic carbocycles. The van der Waals surface area contributed by atoms with E-state index in [9.17, 15) is 9.59 Å². The van der Waals surface area contributed by atoms with Crippen molar-refractivity contribution in [3.05, 3.63) is 0 Å². The third kappa shape index (κ3) is 186. The molecule has 0 aromatic rings. The molecule has 47 heavy (non-hydrogen) atoms. The Morgan fingerprint density at radius 1 is 0.489 bits per heavy atom. The zero-order valence-electron chi connectivity index (χ0n) is 25.8. The first-order valence-corrected chi connectivity index (χ1v) is 37.9. The second-order valence-corrected chi connectivity index (χ2v) is 35.7. The summed E-state index contributed by atoms with van der Waals surface area (Å²) >= 11 is 26.9. The third-order valence-corrected chi connectivity index (χ3v) is 34.6. The van der Waals surface area contributed by atoms with Gasteiger partial charge in [0.25, 0.3) is 5.97 Å². The maximum absolute atomic E-state index is 9.59. The molecule has 0 amide bonds. The molecule has 288 valence electrons. The first-order chi connectivity index (χ1) is 22.4. The van der Waals surface area contributed by atoms with Crippen molar-refractivity contribution in [2.24, 2.45) is 0 Å². The van der Waals surface area contributed by atoms with E-state index in [-0.39, 0.29) is 11.9 Å². The van der Waals surface area contributed by atoms with Crippen LogP contribution < -0.4 is 0 Å². The second-order valence-electron chi connectivity index (χ2n) is 3.83. The highest BCUT2D eigenvalue weighted by molar-refractivity contribution is 8.74. The molecule has 0 aliphatic heterocycles. The Labute approximate surface area is 359 Å². The van der Waals surface area contributed by atoms with Crippen LogP contribution in [-0.2, 0) is 260 Å². The molecule has 33 heteroatoms. The molecule has 0 saturated carbocycles. The predicted octanol–water partition coefficient (Wildman–Crippen LogP) is 1.26. The van der Waals surface area contributed by atoms with Crippen LogP contribution in [0, 0.1) is 0 Å². The van der Waals surface area contributed by atoms with Gasteiger partial charge in [-0.25, -0.2) is 0 Å². The van der Waals surface area contributed by atoms with Gasteiger partial charge in [-0.2, -0.15) is 0 Å². The summed E-state index contributed by atoms with van der Waals surface area (Å²) in [6.07, 6.45) is 0. The lowest BCUT2D eigenvalue weighted by Gasteiger charge is -1.87. The van der Waals surface area contributed by atoms with Crippen LogP contribution in [0.15, 0.2) is 0 Å². The molecule has 0 atom stereocenters. The monoisotopic (exact) mass is 1110 g/mol. The minimum Gasteiger partial charge on any atom is -0.481 e. The topological polar surface area (TPSA) is 129 Å². The number of ether oxygens (including phenoxy) is 4. The van der Waals surface area contributed by atoms with E-state index in [1.807, 2.05) is 13.8 Å². The number of aliphatic hydroxyl groups excluding tert-OH is 1. The molecule has 0 radical (unpaired) electrons. The lowest BCUT2D eigenvalue weighted by atomic mass is 10.8. The number of aliphatic hydroxyl groups is 1. The number of carbonyl (C=O) groups excluding carboxylic acids is 2. The van der Waals surface area contributed by atoms with Crippen molar-refractivity contribution in [3.63, 3.8) is 0 Å². The van der Waals surface area contributed by atoms with Gasteiger partial charge in [0.05, 0.1) is 14.2 Å². The minimum atomic E-state index is -0.833. The summed E-state index contributed by atoms with van der Waals surface area (Å²) < 4.78 is 17.2. The van der Waals surface area contributed by atoms with Crippen molar-refractivity contribution in [2.45, 2.75) is 34.6 Å². The van der Waals surface area contributed by atoms with Gasteiger partial charge in [-0.05, 0) is 0 Å². The summed E-state index contributed by atoms with van der Waals surface area (Å²) in [5.41, 5.74) is 0. The van der Waals surface area contributed by atoms with Gasteiger partial charge in [-0.1, -0.05) is 13.8 Å². The van der Waals surface area contributed by atoms with Crippen LogP contribution in [0.4, 0.5) is 0 Å². The highest BCUT2D eigenvalue weighted by Crippen LogP contribution is 1.61. The van der Waals surface area contributed by atoms with E-state index in [0.29, 0.717) is 6.79 Å². The average molecular weight is 1120 g/mol. The van der Waals surface area contributed by atoms with E-state index in [2.05, 4.69) is 86.1 Å². The molecule has 0 rings (SSSR count). The summed E-state index contributed by atoms with van der Waals surface area (Å²) in [5.74, 6) is -1.32. The summed E-state index contributed by atoms with van der Waals surface area (Å²) in [4.78, 5) is 28.2. The smallest absolute Gasteiger partial charge is 0.302 e.